The molecule has 0 aliphatic carbocycles. The smallest absolute Gasteiger partial charge is 0.223 e. The van der Waals surface area contributed by atoms with Gasteiger partial charge in [0.25, 0.3) is 0 Å². The lowest BCUT2D eigenvalue weighted by molar-refractivity contribution is -0.127. The molecule has 1 aliphatic rings. The predicted octanol–water partition coefficient (Wildman–Crippen LogP) is 2.02. The van der Waals surface area contributed by atoms with Gasteiger partial charge in [-0.05, 0) is 29.3 Å². The number of likely N-dealkylation sites (tertiary alicyclic amines) is 1. The van der Waals surface area contributed by atoms with Gasteiger partial charge in [0.2, 0.25) is 11.8 Å². The second kappa shape index (κ2) is 10.7. The molecule has 170 valence electrons. The molecule has 10 heteroatoms. The van der Waals surface area contributed by atoms with Gasteiger partial charge < -0.3 is 21.2 Å². The van der Waals surface area contributed by atoms with E-state index in [4.69, 9.17) is 5.73 Å². The minimum atomic E-state index is -0.684. The number of hydrogen-bond acceptors (Lipinski definition) is 7. The summed E-state index contributed by atoms with van der Waals surface area (Å²) in [6, 6.07) is 12.3. The van der Waals surface area contributed by atoms with Crippen LogP contribution < -0.4 is 16.4 Å². The van der Waals surface area contributed by atoms with Crippen molar-refractivity contribution in [3.8, 4) is 11.1 Å². The Morgan fingerprint density at radius 2 is 1.94 bits per heavy atom. The number of nitrogens with zero attached hydrogens (tertiary/aromatic N) is 2. The van der Waals surface area contributed by atoms with E-state index in [0.717, 1.165) is 11.1 Å². The van der Waals surface area contributed by atoms with E-state index in [1.165, 1.54) is 13.0 Å². The number of rotatable bonds is 11. The lowest BCUT2D eigenvalue weighted by Gasteiger charge is -2.37. The van der Waals surface area contributed by atoms with Crippen molar-refractivity contribution in [1.82, 2.24) is 10.2 Å². The van der Waals surface area contributed by atoms with E-state index in [9.17, 15) is 18.9 Å². The van der Waals surface area contributed by atoms with E-state index in [1.807, 2.05) is 24.3 Å². The van der Waals surface area contributed by atoms with Gasteiger partial charge in [-0.1, -0.05) is 24.3 Å². The number of anilines is 1. The molecule has 1 atom stereocenters. The second-order valence-electron chi connectivity index (χ2n) is 7.80. The zero-order valence-electron chi connectivity index (χ0n) is 17.7. The molecule has 1 fully saturated rings. The fourth-order valence-corrected chi connectivity index (χ4v) is 3.48. The average molecular weight is 443 g/mol. The number of nitrogens with one attached hydrogen (secondary N) is 2. The molecule has 0 aromatic heterocycles. The van der Waals surface area contributed by atoms with E-state index >= 15 is 0 Å². The highest BCUT2D eigenvalue weighted by molar-refractivity contribution is 5.78. The van der Waals surface area contributed by atoms with Gasteiger partial charge in [-0.2, -0.15) is 0 Å². The van der Waals surface area contributed by atoms with Crippen LogP contribution in [0.15, 0.2) is 47.8 Å². The molecule has 2 aromatic carbocycles. The van der Waals surface area contributed by atoms with E-state index in [1.54, 1.807) is 12.1 Å². The number of hydrogen-bond donors (Lipinski definition) is 3. The minimum absolute atomic E-state index is 0.0718. The van der Waals surface area contributed by atoms with Gasteiger partial charge in [-0.25, -0.2) is 4.39 Å². The average Bonchev–Trinajstić information content (AvgIpc) is 2.72. The monoisotopic (exact) mass is 443 g/mol. The fraction of sp³-hybridized carbons (Fsp3) is 0.364. The lowest BCUT2D eigenvalue weighted by atomic mass is 9.98. The van der Waals surface area contributed by atoms with Crippen molar-refractivity contribution in [2.75, 3.05) is 31.5 Å². The normalized spacial score (nSPS) is 14.8. The minimum Gasteiger partial charge on any atom is -0.381 e. The first kappa shape index (κ1) is 23.1. The number of carbonyl (C=O) groups excluding carboxylic acids is 2. The summed E-state index contributed by atoms with van der Waals surface area (Å²) in [7, 11) is 0. The Morgan fingerprint density at radius 3 is 2.53 bits per heavy atom. The van der Waals surface area contributed by atoms with Gasteiger partial charge in [0, 0.05) is 37.8 Å². The van der Waals surface area contributed by atoms with Crippen LogP contribution in [0.4, 0.5) is 10.1 Å². The van der Waals surface area contributed by atoms with E-state index < -0.39 is 11.9 Å². The molecular formula is C22H26FN5O4. The zero-order valence-corrected chi connectivity index (χ0v) is 17.7. The van der Waals surface area contributed by atoms with Crippen LogP contribution in [0.1, 0.15) is 12.5 Å². The Labute approximate surface area is 185 Å². The standard InChI is InChI=1S/C22H26FN5O4/c1-14(29)25-9-19(32-27-31)10-26-18-6-7-20(21(23)8-18)16-4-2-15(3-5-16)11-28-12-17(13-28)22(24)30/h2-8,17,19,26H,9-13H2,1H3,(H2,24,30)(H,25,29). The summed E-state index contributed by atoms with van der Waals surface area (Å²) in [5.41, 5.74) is 8.07. The van der Waals surface area contributed by atoms with Crippen LogP contribution in [0, 0.1) is 16.6 Å². The molecule has 0 spiro atoms. The number of halogens is 1. The maximum atomic E-state index is 14.7. The summed E-state index contributed by atoms with van der Waals surface area (Å²) in [6.07, 6.45) is -0.684. The van der Waals surface area contributed by atoms with Crippen molar-refractivity contribution in [1.29, 1.82) is 0 Å². The highest BCUT2D eigenvalue weighted by Gasteiger charge is 2.30. The summed E-state index contributed by atoms with van der Waals surface area (Å²) < 4.78 is 14.7. The highest BCUT2D eigenvalue weighted by atomic mass is 19.1. The quantitative estimate of drug-likeness (QED) is 0.360. The van der Waals surface area contributed by atoms with Gasteiger partial charge >= 0.3 is 0 Å². The maximum absolute atomic E-state index is 14.7. The van der Waals surface area contributed by atoms with Crippen molar-refractivity contribution in [2.45, 2.75) is 19.6 Å². The third kappa shape index (κ3) is 6.24. The fourth-order valence-electron chi connectivity index (χ4n) is 3.48. The third-order valence-corrected chi connectivity index (χ3v) is 5.30. The van der Waals surface area contributed by atoms with Crippen LogP contribution in [-0.2, 0) is 21.0 Å². The van der Waals surface area contributed by atoms with Crippen molar-refractivity contribution in [3.05, 3.63) is 58.8 Å². The summed E-state index contributed by atoms with van der Waals surface area (Å²) in [4.78, 5) is 39.3. The summed E-state index contributed by atoms with van der Waals surface area (Å²) in [5.74, 6) is -0.994. The number of carbonyl (C=O) groups is 2. The Hall–Kier alpha value is -3.53. The maximum Gasteiger partial charge on any atom is 0.223 e. The Kier molecular flexibility index (Phi) is 7.72. The summed E-state index contributed by atoms with van der Waals surface area (Å²) in [6.45, 7) is 3.66. The lowest BCUT2D eigenvalue weighted by Crippen LogP contribution is -2.51. The Morgan fingerprint density at radius 1 is 1.22 bits per heavy atom. The molecule has 1 unspecified atom stereocenters. The first-order chi connectivity index (χ1) is 15.4. The Bertz CT molecular complexity index is 963. The highest BCUT2D eigenvalue weighted by Crippen LogP contribution is 2.26. The van der Waals surface area contributed by atoms with Crippen LogP contribution in [-0.4, -0.2) is 49.0 Å². The SMILES string of the molecule is CC(=O)NCC(CNc1ccc(-c2ccc(CN3CC(C(N)=O)C3)cc2)c(F)c1)ON=O. The number of primary amides is 1. The Balaban J connectivity index is 1.56. The van der Waals surface area contributed by atoms with E-state index in [2.05, 4.69) is 25.7 Å². The molecule has 2 amide bonds. The van der Waals surface area contributed by atoms with Crippen molar-refractivity contribution < 1.29 is 18.8 Å². The molecule has 1 aliphatic heterocycles. The molecule has 0 radical (unpaired) electrons. The van der Waals surface area contributed by atoms with Gasteiger partial charge in [0.05, 0.1) is 19.0 Å². The van der Waals surface area contributed by atoms with E-state index in [-0.39, 0.29) is 30.8 Å². The second-order valence-corrected chi connectivity index (χ2v) is 7.80. The van der Waals surface area contributed by atoms with Crippen molar-refractivity contribution in [2.24, 2.45) is 17.0 Å². The molecule has 1 saturated heterocycles. The first-order valence-corrected chi connectivity index (χ1v) is 10.2. The summed E-state index contributed by atoms with van der Waals surface area (Å²) >= 11 is 0. The molecule has 32 heavy (non-hydrogen) atoms. The van der Waals surface area contributed by atoms with Crippen LogP contribution in [0.3, 0.4) is 0 Å². The summed E-state index contributed by atoms with van der Waals surface area (Å²) in [5, 5.41) is 7.92. The zero-order chi connectivity index (χ0) is 23.1. The number of benzene rings is 2. The van der Waals surface area contributed by atoms with Crippen LogP contribution in [0.2, 0.25) is 0 Å². The van der Waals surface area contributed by atoms with Crippen LogP contribution in [0.5, 0.6) is 0 Å². The predicted molar refractivity (Wildman–Crippen MR) is 118 cm³/mol. The van der Waals surface area contributed by atoms with Gasteiger partial charge in [0.1, 0.15) is 5.82 Å². The first-order valence-electron chi connectivity index (χ1n) is 10.2. The van der Waals surface area contributed by atoms with Crippen LogP contribution >= 0.6 is 0 Å². The molecule has 0 bridgehead atoms. The molecular weight excluding hydrogens is 417 g/mol. The largest absolute Gasteiger partial charge is 0.381 e. The number of amides is 2. The van der Waals surface area contributed by atoms with Crippen molar-refractivity contribution in [3.63, 3.8) is 0 Å². The van der Waals surface area contributed by atoms with E-state index in [0.29, 0.717) is 30.9 Å². The molecule has 1 heterocycles. The molecule has 0 saturated carbocycles. The van der Waals surface area contributed by atoms with Gasteiger partial charge in [-0.15, -0.1) is 4.91 Å². The van der Waals surface area contributed by atoms with Gasteiger partial charge in [-0.3, -0.25) is 14.5 Å². The third-order valence-electron chi connectivity index (χ3n) is 5.30. The molecule has 3 rings (SSSR count). The molecule has 2 aromatic rings. The van der Waals surface area contributed by atoms with Crippen LogP contribution in [0.25, 0.3) is 11.1 Å². The van der Waals surface area contributed by atoms with Crippen molar-refractivity contribution >= 4 is 17.5 Å². The molecule has 9 nitrogen and oxygen atoms in total. The molecule has 4 N–H and O–H groups in total. The topological polar surface area (TPSA) is 126 Å². The number of nitrogens with two attached hydrogens (primary N) is 1. The van der Waals surface area contributed by atoms with Gasteiger partial charge in [0.15, 0.2) is 11.4 Å².